The molecule has 0 saturated heterocycles. The molecule has 0 aliphatic heterocycles. The summed E-state index contributed by atoms with van der Waals surface area (Å²) >= 11 is 0. The summed E-state index contributed by atoms with van der Waals surface area (Å²) < 4.78 is 10.1. The summed E-state index contributed by atoms with van der Waals surface area (Å²) in [5, 5.41) is 4.06. The van der Waals surface area contributed by atoms with Gasteiger partial charge in [-0.1, -0.05) is 35.5 Å². The Hall–Kier alpha value is -3.08. The Morgan fingerprint density at radius 3 is 2.59 bits per heavy atom. The summed E-state index contributed by atoms with van der Waals surface area (Å²) in [7, 11) is 1.32. The normalized spacial score (nSPS) is 10.4. The van der Waals surface area contributed by atoms with Gasteiger partial charge in [0, 0.05) is 22.9 Å². The summed E-state index contributed by atoms with van der Waals surface area (Å²) in [5.74, 6) is 0.0751. The van der Waals surface area contributed by atoms with Crippen LogP contribution in [-0.4, -0.2) is 18.2 Å². The lowest BCUT2D eigenvalue weighted by atomic mass is 10.1. The molecule has 0 atom stereocenters. The number of nitrogen functional groups attached to an aromatic ring is 1. The molecule has 5 heteroatoms. The summed E-state index contributed by atoms with van der Waals surface area (Å²) in [5.41, 5.74) is 8.86. The van der Waals surface area contributed by atoms with Gasteiger partial charge in [-0.15, -0.1) is 0 Å². The lowest BCUT2D eigenvalue weighted by Crippen LogP contribution is -2.05. The molecule has 3 rings (SSSR count). The second kappa shape index (κ2) is 5.73. The van der Waals surface area contributed by atoms with Crippen molar-refractivity contribution in [2.24, 2.45) is 0 Å². The Labute approximate surface area is 127 Å². The molecule has 3 aromatic rings. The molecule has 110 valence electrons. The maximum Gasteiger partial charge on any atom is 0.339 e. The fourth-order valence-electron chi connectivity index (χ4n) is 2.15. The van der Waals surface area contributed by atoms with Gasteiger partial charge in [0.15, 0.2) is 5.76 Å². The molecule has 22 heavy (non-hydrogen) atoms. The molecule has 0 saturated carbocycles. The van der Waals surface area contributed by atoms with E-state index in [0.717, 1.165) is 11.3 Å². The van der Waals surface area contributed by atoms with E-state index in [0.29, 0.717) is 22.6 Å². The number of ether oxygens (including phenoxy) is 1. The average molecular weight is 294 g/mol. The van der Waals surface area contributed by atoms with Gasteiger partial charge in [0.05, 0.1) is 12.7 Å². The molecule has 5 nitrogen and oxygen atoms in total. The van der Waals surface area contributed by atoms with Gasteiger partial charge < -0.3 is 15.0 Å². The van der Waals surface area contributed by atoms with E-state index >= 15 is 0 Å². The second-order valence-corrected chi connectivity index (χ2v) is 4.74. The molecular formula is C17H14N2O3. The summed E-state index contributed by atoms with van der Waals surface area (Å²) in [4.78, 5) is 11.7. The number of hydrogen-bond acceptors (Lipinski definition) is 5. The van der Waals surface area contributed by atoms with Crippen molar-refractivity contribution in [3.63, 3.8) is 0 Å². The Balaban J connectivity index is 1.99. The second-order valence-electron chi connectivity index (χ2n) is 4.74. The lowest BCUT2D eigenvalue weighted by Gasteiger charge is -2.04. The van der Waals surface area contributed by atoms with Crippen molar-refractivity contribution < 1.29 is 14.1 Å². The molecule has 2 aromatic carbocycles. The molecule has 0 spiro atoms. The quantitative estimate of drug-likeness (QED) is 0.592. The molecule has 0 radical (unpaired) electrons. The van der Waals surface area contributed by atoms with Crippen LogP contribution in [0.25, 0.3) is 22.6 Å². The standard InChI is InChI=1S/C17H14N2O3/c1-21-17(20)13-9-12(7-8-14(13)18)16-10-15(19-22-16)11-5-3-2-4-6-11/h2-10H,18H2,1H3. The highest BCUT2D eigenvalue weighted by atomic mass is 16.5. The molecule has 0 aliphatic rings. The largest absolute Gasteiger partial charge is 0.465 e. The SMILES string of the molecule is COC(=O)c1cc(-c2cc(-c3ccccc3)no2)ccc1N. The first-order valence-corrected chi connectivity index (χ1v) is 6.69. The maximum absolute atomic E-state index is 11.7. The van der Waals surface area contributed by atoms with E-state index in [9.17, 15) is 4.79 Å². The van der Waals surface area contributed by atoms with Crippen LogP contribution in [0.1, 0.15) is 10.4 Å². The molecular weight excluding hydrogens is 280 g/mol. The first kappa shape index (κ1) is 13.9. The first-order chi connectivity index (χ1) is 10.7. The van der Waals surface area contributed by atoms with Gasteiger partial charge in [-0.2, -0.15) is 0 Å². The van der Waals surface area contributed by atoms with Crippen LogP contribution in [0.3, 0.4) is 0 Å². The Morgan fingerprint density at radius 1 is 1.09 bits per heavy atom. The predicted molar refractivity (Wildman–Crippen MR) is 83.1 cm³/mol. The number of nitrogens with two attached hydrogens (primary N) is 1. The minimum atomic E-state index is -0.484. The first-order valence-electron chi connectivity index (χ1n) is 6.69. The fraction of sp³-hybridized carbons (Fsp3) is 0.0588. The Morgan fingerprint density at radius 2 is 1.86 bits per heavy atom. The van der Waals surface area contributed by atoms with E-state index in [2.05, 4.69) is 5.16 Å². The molecule has 0 bridgehead atoms. The average Bonchev–Trinajstić information content (AvgIpc) is 3.05. The third-order valence-corrected chi connectivity index (χ3v) is 3.32. The topological polar surface area (TPSA) is 78.3 Å². The van der Waals surface area contributed by atoms with Crippen molar-refractivity contribution >= 4 is 11.7 Å². The third kappa shape index (κ3) is 2.56. The van der Waals surface area contributed by atoms with E-state index in [1.165, 1.54) is 7.11 Å². The van der Waals surface area contributed by atoms with Gasteiger partial charge in [-0.25, -0.2) is 4.79 Å². The minimum Gasteiger partial charge on any atom is -0.465 e. The molecule has 1 heterocycles. The number of esters is 1. The number of anilines is 1. The van der Waals surface area contributed by atoms with Crippen molar-refractivity contribution in [3.05, 3.63) is 60.2 Å². The monoisotopic (exact) mass is 294 g/mol. The maximum atomic E-state index is 11.7. The minimum absolute atomic E-state index is 0.303. The van der Waals surface area contributed by atoms with Crippen molar-refractivity contribution in [3.8, 4) is 22.6 Å². The van der Waals surface area contributed by atoms with Crippen LogP contribution in [0.2, 0.25) is 0 Å². The third-order valence-electron chi connectivity index (χ3n) is 3.32. The van der Waals surface area contributed by atoms with Crippen LogP contribution in [-0.2, 0) is 4.74 Å². The summed E-state index contributed by atoms with van der Waals surface area (Å²) in [6.07, 6.45) is 0. The molecule has 0 amide bonds. The van der Waals surface area contributed by atoms with Crippen LogP contribution in [0.4, 0.5) is 5.69 Å². The zero-order valence-electron chi connectivity index (χ0n) is 11.9. The number of hydrogen-bond donors (Lipinski definition) is 1. The Kier molecular flexibility index (Phi) is 3.62. The van der Waals surface area contributed by atoms with E-state index < -0.39 is 5.97 Å². The molecule has 1 aromatic heterocycles. The van der Waals surface area contributed by atoms with Crippen LogP contribution in [0, 0.1) is 0 Å². The van der Waals surface area contributed by atoms with Crippen molar-refractivity contribution in [1.29, 1.82) is 0 Å². The van der Waals surface area contributed by atoms with Crippen molar-refractivity contribution in [2.45, 2.75) is 0 Å². The van der Waals surface area contributed by atoms with Gasteiger partial charge >= 0.3 is 5.97 Å². The highest BCUT2D eigenvalue weighted by Crippen LogP contribution is 2.28. The van der Waals surface area contributed by atoms with Gasteiger partial charge in [-0.05, 0) is 18.2 Å². The van der Waals surface area contributed by atoms with E-state index in [4.69, 9.17) is 15.0 Å². The van der Waals surface area contributed by atoms with Gasteiger partial charge in [0.2, 0.25) is 0 Å². The molecule has 0 aliphatic carbocycles. The highest BCUT2D eigenvalue weighted by molar-refractivity contribution is 5.96. The van der Waals surface area contributed by atoms with Crippen molar-refractivity contribution in [1.82, 2.24) is 5.16 Å². The molecule has 2 N–H and O–H groups in total. The lowest BCUT2D eigenvalue weighted by molar-refractivity contribution is 0.0602. The number of carbonyl (C=O) groups is 1. The summed E-state index contributed by atoms with van der Waals surface area (Å²) in [6, 6.07) is 16.6. The molecule has 0 fully saturated rings. The van der Waals surface area contributed by atoms with Gasteiger partial charge in [-0.3, -0.25) is 0 Å². The fourth-order valence-corrected chi connectivity index (χ4v) is 2.15. The smallest absolute Gasteiger partial charge is 0.339 e. The van der Waals surface area contributed by atoms with E-state index in [-0.39, 0.29) is 0 Å². The van der Waals surface area contributed by atoms with Crippen LogP contribution >= 0.6 is 0 Å². The zero-order chi connectivity index (χ0) is 15.5. The van der Waals surface area contributed by atoms with Crippen molar-refractivity contribution in [2.75, 3.05) is 12.8 Å². The zero-order valence-corrected chi connectivity index (χ0v) is 11.9. The highest BCUT2D eigenvalue weighted by Gasteiger charge is 2.14. The number of carbonyl (C=O) groups excluding carboxylic acids is 1. The number of rotatable bonds is 3. The van der Waals surface area contributed by atoms with E-state index in [1.807, 2.05) is 36.4 Å². The van der Waals surface area contributed by atoms with Gasteiger partial charge in [0.25, 0.3) is 0 Å². The summed E-state index contributed by atoms with van der Waals surface area (Å²) in [6.45, 7) is 0. The molecule has 0 unspecified atom stereocenters. The number of benzene rings is 2. The van der Waals surface area contributed by atoms with E-state index in [1.54, 1.807) is 18.2 Å². The van der Waals surface area contributed by atoms with Crippen LogP contribution in [0.15, 0.2) is 59.1 Å². The number of nitrogens with zero attached hydrogens (tertiary/aromatic N) is 1. The van der Waals surface area contributed by atoms with Crippen LogP contribution < -0.4 is 5.73 Å². The number of methoxy groups -OCH3 is 1. The number of aromatic nitrogens is 1. The van der Waals surface area contributed by atoms with Crippen LogP contribution in [0.5, 0.6) is 0 Å². The Bertz CT molecular complexity index is 810. The van der Waals surface area contributed by atoms with Gasteiger partial charge in [0.1, 0.15) is 5.69 Å². The predicted octanol–water partition coefficient (Wildman–Crippen LogP) is 3.38.